The first-order valence-corrected chi connectivity index (χ1v) is 11.3. The molecule has 8 N–H and O–H groups in total. The number of hydrogen-bond donors (Lipinski definition) is 6. The van der Waals surface area contributed by atoms with Crippen LogP contribution in [0, 0.1) is 0 Å². The summed E-state index contributed by atoms with van der Waals surface area (Å²) in [6.45, 7) is 1.39. The first kappa shape index (κ1) is 28.0. The molecule has 0 spiro atoms. The highest BCUT2D eigenvalue weighted by molar-refractivity contribution is 5.95. The van der Waals surface area contributed by atoms with Crippen molar-refractivity contribution < 1.29 is 29.1 Å². The lowest BCUT2D eigenvalue weighted by Gasteiger charge is -2.24. The van der Waals surface area contributed by atoms with Crippen molar-refractivity contribution in [2.75, 3.05) is 0 Å². The van der Waals surface area contributed by atoms with Gasteiger partial charge >= 0.3 is 5.97 Å². The summed E-state index contributed by atoms with van der Waals surface area (Å²) in [5.41, 5.74) is 12.1. The monoisotopic (exact) mass is 497 g/mol. The van der Waals surface area contributed by atoms with Gasteiger partial charge in [-0.15, -0.1) is 0 Å². The molecule has 0 heterocycles. The summed E-state index contributed by atoms with van der Waals surface area (Å²) in [7, 11) is 0. The third-order valence-corrected chi connectivity index (χ3v) is 5.32. The maximum atomic E-state index is 13.1. The Labute approximate surface area is 208 Å². The molecule has 192 valence electrons. The predicted octanol–water partition coefficient (Wildman–Crippen LogP) is -0.767. The summed E-state index contributed by atoms with van der Waals surface area (Å²) in [4.78, 5) is 60.8. The number of carboxylic acids is 1. The van der Waals surface area contributed by atoms with Crippen LogP contribution in [0.5, 0.6) is 0 Å². The second-order valence-corrected chi connectivity index (χ2v) is 8.35. The Morgan fingerprint density at radius 3 is 1.69 bits per heavy atom. The number of carbonyl (C=O) groups excluding carboxylic acids is 4. The van der Waals surface area contributed by atoms with E-state index in [2.05, 4.69) is 16.0 Å². The van der Waals surface area contributed by atoms with Crippen LogP contribution in [0.1, 0.15) is 24.5 Å². The fraction of sp³-hybridized carbons (Fsp3) is 0.320. The number of nitrogens with two attached hydrogens (primary N) is 2. The van der Waals surface area contributed by atoms with Crippen LogP contribution < -0.4 is 27.4 Å². The molecule has 11 nitrogen and oxygen atoms in total. The number of nitrogens with one attached hydrogen (secondary N) is 3. The van der Waals surface area contributed by atoms with E-state index in [1.807, 2.05) is 0 Å². The number of primary amides is 1. The first-order chi connectivity index (χ1) is 17.1. The molecule has 0 saturated heterocycles. The van der Waals surface area contributed by atoms with Gasteiger partial charge in [0, 0.05) is 12.8 Å². The van der Waals surface area contributed by atoms with Crippen LogP contribution in [0.3, 0.4) is 0 Å². The lowest BCUT2D eigenvalue weighted by atomic mass is 10.0. The number of rotatable bonds is 13. The van der Waals surface area contributed by atoms with E-state index in [-0.39, 0.29) is 12.8 Å². The first-order valence-electron chi connectivity index (χ1n) is 11.3. The molecule has 0 fully saturated rings. The van der Waals surface area contributed by atoms with Crippen LogP contribution in [0.4, 0.5) is 0 Å². The molecule has 4 unspecified atom stereocenters. The summed E-state index contributed by atoms with van der Waals surface area (Å²) in [5.74, 6) is -4.13. The van der Waals surface area contributed by atoms with E-state index in [1.54, 1.807) is 60.7 Å². The van der Waals surface area contributed by atoms with Gasteiger partial charge in [0.25, 0.3) is 0 Å². The number of carboxylic acid groups (broad SMARTS) is 1. The standard InChI is InChI=1S/C25H31N5O6/c1-15(28-23(33)18(26)14-21(27)31)22(32)29-19(12-16-8-4-2-5-9-16)24(34)30-20(25(35)36)13-17-10-6-3-7-11-17/h2-11,15,18-20H,12-14,26H2,1H3,(H2,27,31)(H,28,33)(H,29,32)(H,30,34)(H,35,36). The van der Waals surface area contributed by atoms with Crippen LogP contribution in [0.2, 0.25) is 0 Å². The lowest BCUT2D eigenvalue weighted by molar-refractivity contribution is -0.142. The maximum Gasteiger partial charge on any atom is 0.326 e. The Morgan fingerprint density at radius 1 is 0.750 bits per heavy atom. The molecule has 0 bridgehead atoms. The molecule has 2 rings (SSSR count). The molecule has 0 aliphatic rings. The molecule has 2 aromatic rings. The molecule has 36 heavy (non-hydrogen) atoms. The van der Waals surface area contributed by atoms with Crippen molar-refractivity contribution in [3.8, 4) is 0 Å². The van der Waals surface area contributed by atoms with Crippen molar-refractivity contribution in [1.82, 2.24) is 16.0 Å². The third kappa shape index (κ3) is 9.18. The van der Waals surface area contributed by atoms with Gasteiger partial charge in [0.15, 0.2) is 0 Å². The molecule has 4 atom stereocenters. The molecular formula is C25H31N5O6. The van der Waals surface area contributed by atoms with Gasteiger partial charge in [0.05, 0.1) is 12.5 Å². The highest BCUT2D eigenvalue weighted by atomic mass is 16.4. The molecular weight excluding hydrogens is 466 g/mol. The van der Waals surface area contributed by atoms with E-state index in [0.717, 1.165) is 11.1 Å². The predicted molar refractivity (Wildman–Crippen MR) is 131 cm³/mol. The third-order valence-electron chi connectivity index (χ3n) is 5.32. The average molecular weight is 498 g/mol. The Kier molecular flexibility index (Phi) is 10.6. The van der Waals surface area contributed by atoms with Crippen LogP contribution in [-0.2, 0) is 36.8 Å². The Morgan fingerprint density at radius 2 is 1.22 bits per heavy atom. The van der Waals surface area contributed by atoms with Crippen molar-refractivity contribution in [3.63, 3.8) is 0 Å². The number of hydrogen-bond acceptors (Lipinski definition) is 6. The molecule has 0 aromatic heterocycles. The van der Waals surface area contributed by atoms with Gasteiger partial charge in [-0.1, -0.05) is 60.7 Å². The molecule has 0 aliphatic carbocycles. The lowest BCUT2D eigenvalue weighted by Crippen LogP contribution is -2.57. The SMILES string of the molecule is CC(NC(=O)C(N)CC(N)=O)C(=O)NC(Cc1ccccc1)C(=O)NC(Cc1ccccc1)C(=O)O. The molecule has 2 aromatic carbocycles. The normalized spacial score (nSPS) is 13.9. The summed E-state index contributed by atoms with van der Waals surface area (Å²) in [6, 6.07) is 13.0. The van der Waals surface area contributed by atoms with Gasteiger partial charge in [0.1, 0.15) is 18.1 Å². The van der Waals surface area contributed by atoms with Crippen LogP contribution in [0.15, 0.2) is 60.7 Å². The number of aliphatic carboxylic acids is 1. The second kappa shape index (κ2) is 13.6. The Balaban J connectivity index is 2.13. The maximum absolute atomic E-state index is 13.1. The molecule has 11 heteroatoms. The zero-order valence-electron chi connectivity index (χ0n) is 19.8. The van der Waals surface area contributed by atoms with Gasteiger partial charge in [-0.25, -0.2) is 4.79 Å². The van der Waals surface area contributed by atoms with E-state index in [0.29, 0.717) is 0 Å². The van der Waals surface area contributed by atoms with Crippen LogP contribution in [-0.4, -0.2) is 58.9 Å². The quantitative estimate of drug-likeness (QED) is 0.209. The molecule has 0 aliphatic heterocycles. The van der Waals surface area contributed by atoms with E-state index in [4.69, 9.17) is 11.5 Å². The number of amides is 4. The summed E-state index contributed by atoms with van der Waals surface area (Å²) in [5, 5.41) is 17.1. The van der Waals surface area contributed by atoms with E-state index in [9.17, 15) is 29.1 Å². The van der Waals surface area contributed by atoms with Gasteiger partial charge in [0.2, 0.25) is 23.6 Å². The number of benzene rings is 2. The minimum absolute atomic E-state index is 0.0537. The molecule has 0 radical (unpaired) electrons. The topological polar surface area (TPSA) is 194 Å². The highest BCUT2D eigenvalue weighted by Crippen LogP contribution is 2.07. The smallest absolute Gasteiger partial charge is 0.326 e. The minimum Gasteiger partial charge on any atom is -0.480 e. The van der Waals surface area contributed by atoms with Gasteiger partial charge in [-0.2, -0.15) is 0 Å². The van der Waals surface area contributed by atoms with Gasteiger partial charge in [-0.3, -0.25) is 19.2 Å². The molecule has 0 saturated carbocycles. The largest absolute Gasteiger partial charge is 0.480 e. The number of carbonyl (C=O) groups is 5. The van der Waals surface area contributed by atoms with E-state index >= 15 is 0 Å². The highest BCUT2D eigenvalue weighted by Gasteiger charge is 2.29. The van der Waals surface area contributed by atoms with Crippen molar-refractivity contribution in [3.05, 3.63) is 71.8 Å². The van der Waals surface area contributed by atoms with Crippen LogP contribution >= 0.6 is 0 Å². The van der Waals surface area contributed by atoms with Crippen molar-refractivity contribution in [2.45, 2.75) is 50.4 Å². The Hall–Kier alpha value is -4.25. The zero-order chi connectivity index (χ0) is 26.7. The van der Waals surface area contributed by atoms with Gasteiger partial charge < -0.3 is 32.5 Å². The molecule has 4 amide bonds. The van der Waals surface area contributed by atoms with Crippen molar-refractivity contribution in [1.29, 1.82) is 0 Å². The second-order valence-electron chi connectivity index (χ2n) is 8.35. The van der Waals surface area contributed by atoms with Crippen molar-refractivity contribution >= 4 is 29.6 Å². The average Bonchev–Trinajstić information content (AvgIpc) is 2.83. The summed E-state index contributed by atoms with van der Waals surface area (Å²) < 4.78 is 0. The van der Waals surface area contributed by atoms with E-state index in [1.165, 1.54) is 6.92 Å². The zero-order valence-corrected chi connectivity index (χ0v) is 19.8. The van der Waals surface area contributed by atoms with E-state index < -0.39 is 60.2 Å². The van der Waals surface area contributed by atoms with Gasteiger partial charge in [-0.05, 0) is 18.1 Å². The Bertz CT molecular complexity index is 1060. The van der Waals surface area contributed by atoms with Crippen LogP contribution in [0.25, 0.3) is 0 Å². The fourth-order valence-electron chi connectivity index (χ4n) is 3.37. The minimum atomic E-state index is -1.23. The fourth-order valence-corrected chi connectivity index (χ4v) is 3.37. The summed E-state index contributed by atoms with van der Waals surface area (Å²) >= 11 is 0. The van der Waals surface area contributed by atoms with Crippen molar-refractivity contribution in [2.24, 2.45) is 11.5 Å². The summed E-state index contributed by atoms with van der Waals surface area (Å²) in [6.07, 6.45) is -0.257.